The van der Waals surface area contributed by atoms with Crippen LogP contribution in [0.4, 0.5) is 0 Å². The van der Waals surface area contributed by atoms with Crippen molar-refractivity contribution < 1.29 is 34.1 Å². The van der Waals surface area contributed by atoms with E-state index >= 15 is 0 Å². The van der Waals surface area contributed by atoms with Gasteiger partial charge in [0.05, 0.1) is 12.5 Å². The Labute approximate surface area is 198 Å². The molecule has 0 aromatic heterocycles. The van der Waals surface area contributed by atoms with Crippen LogP contribution in [0.1, 0.15) is 55.8 Å². The Balaban J connectivity index is 1.50. The molecule has 1 aromatic rings. The van der Waals surface area contributed by atoms with E-state index in [0.717, 1.165) is 0 Å². The maximum atomic E-state index is 12.8. The second-order valence-electron chi connectivity index (χ2n) is 9.10. The number of carboxylic acids is 2. The highest BCUT2D eigenvalue weighted by molar-refractivity contribution is 5.98. The Hall–Kier alpha value is -3.42. The number of carbonyl (C=O) groups is 4. The topological polar surface area (TPSA) is 121 Å². The first-order chi connectivity index (χ1) is 16.2. The predicted octanol–water partition coefficient (Wildman–Crippen LogP) is 3.72. The monoisotopic (exact) mass is 469 g/mol. The number of piperidine rings is 1. The van der Waals surface area contributed by atoms with Gasteiger partial charge in [-0.25, -0.2) is 4.79 Å². The molecule has 1 aliphatic heterocycles. The lowest BCUT2D eigenvalue weighted by molar-refractivity contribution is -0.146. The third-order valence-corrected chi connectivity index (χ3v) is 6.91. The highest BCUT2D eigenvalue weighted by Gasteiger charge is 2.40. The Morgan fingerprint density at radius 1 is 1.06 bits per heavy atom. The molecular formula is C26H31NO7. The van der Waals surface area contributed by atoms with E-state index in [4.69, 9.17) is 4.74 Å². The summed E-state index contributed by atoms with van der Waals surface area (Å²) in [4.78, 5) is 50.3. The van der Waals surface area contributed by atoms with Crippen LogP contribution in [-0.2, 0) is 14.4 Å². The number of amides is 1. The minimum absolute atomic E-state index is 0.00875. The highest BCUT2D eigenvalue weighted by Crippen LogP contribution is 2.40. The Morgan fingerprint density at radius 2 is 1.71 bits per heavy atom. The van der Waals surface area contributed by atoms with E-state index in [1.165, 1.54) is 13.0 Å². The first-order valence-electron chi connectivity index (χ1n) is 11.5. The van der Waals surface area contributed by atoms with Gasteiger partial charge in [-0.1, -0.05) is 17.7 Å². The van der Waals surface area contributed by atoms with E-state index in [1.807, 2.05) is 0 Å². The van der Waals surface area contributed by atoms with E-state index < -0.39 is 17.4 Å². The molecule has 1 fully saturated rings. The normalized spacial score (nSPS) is 20.8. The van der Waals surface area contributed by atoms with Crippen molar-refractivity contribution in [2.75, 3.05) is 20.2 Å². The highest BCUT2D eigenvalue weighted by atomic mass is 16.5. The lowest BCUT2D eigenvalue weighted by Crippen LogP contribution is -2.40. The zero-order valence-corrected chi connectivity index (χ0v) is 19.6. The van der Waals surface area contributed by atoms with Crippen LogP contribution in [0.5, 0.6) is 5.75 Å². The van der Waals surface area contributed by atoms with Crippen molar-refractivity contribution >= 4 is 23.6 Å². The molecule has 0 radical (unpaired) electrons. The van der Waals surface area contributed by atoms with Crippen LogP contribution < -0.4 is 4.74 Å². The van der Waals surface area contributed by atoms with E-state index in [1.54, 1.807) is 42.4 Å². The molecule has 34 heavy (non-hydrogen) atoms. The van der Waals surface area contributed by atoms with Crippen molar-refractivity contribution in [2.24, 2.45) is 11.3 Å². The molecule has 1 unspecified atom stereocenters. The van der Waals surface area contributed by atoms with Crippen molar-refractivity contribution in [1.29, 1.82) is 0 Å². The van der Waals surface area contributed by atoms with Gasteiger partial charge in [0.25, 0.3) is 0 Å². The van der Waals surface area contributed by atoms with Crippen LogP contribution in [0.25, 0.3) is 0 Å². The van der Waals surface area contributed by atoms with Gasteiger partial charge in [0.15, 0.2) is 5.78 Å². The summed E-state index contributed by atoms with van der Waals surface area (Å²) in [5.41, 5.74) is 0.0531. The molecule has 1 aliphatic carbocycles. The number of hydrogen-bond donors (Lipinski definition) is 2. The lowest BCUT2D eigenvalue weighted by atomic mass is 9.72. The van der Waals surface area contributed by atoms with E-state index in [9.17, 15) is 29.4 Å². The third-order valence-electron chi connectivity index (χ3n) is 6.91. The Bertz CT molecular complexity index is 1020. The number of aliphatic carboxylic acids is 2. The molecule has 3 rings (SSSR count). The van der Waals surface area contributed by atoms with Gasteiger partial charge >= 0.3 is 11.9 Å². The van der Waals surface area contributed by atoms with Crippen LogP contribution in [0.3, 0.4) is 0 Å². The molecular weight excluding hydrogens is 438 g/mol. The quantitative estimate of drug-likeness (QED) is 0.529. The number of likely N-dealkylation sites (tertiary alicyclic amines) is 1. The fraction of sp³-hybridized carbons (Fsp3) is 0.462. The minimum atomic E-state index is -1.29. The number of nitrogens with zero attached hydrogens (tertiary/aromatic N) is 1. The number of ketones is 1. The molecule has 2 N–H and O–H groups in total. The van der Waals surface area contributed by atoms with E-state index in [-0.39, 0.29) is 36.0 Å². The van der Waals surface area contributed by atoms with Gasteiger partial charge in [-0.2, -0.15) is 0 Å². The van der Waals surface area contributed by atoms with Crippen molar-refractivity contribution in [2.45, 2.75) is 45.4 Å². The maximum absolute atomic E-state index is 12.8. The molecule has 8 nitrogen and oxygen atoms in total. The largest absolute Gasteiger partial charge is 0.497 e. The lowest BCUT2D eigenvalue weighted by Gasteiger charge is -2.32. The van der Waals surface area contributed by atoms with Crippen molar-refractivity contribution in [3.8, 4) is 5.75 Å². The van der Waals surface area contributed by atoms with Crippen LogP contribution in [0, 0.1) is 11.3 Å². The fourth-order valence-corrected chi connectivity index (χ4v) is 4.63. The Kier molecular flexibility index (Phi) is 7.91. The molecule has 1 amide bonds. The molecule has 1 atom stereocenters. The SMILES string of the molecule is COc1ccc(C(=O)C2CCN(C(=O)CCCC3=CC=C(C(=O)O)CC3(C)C(=O)O)CC2)cc1. The molecule has 1 heterocycles. The van der Waals surface area contributed by atoms with E-state index in [0.29, 0.717) is 55.7 Å². The number of carbonyl (C=O) groups excluding carboxylic acids is 2. The molecule has 8 heteroatoms. The second-order valence-corrected chi connectivity index (χ2v) is 9.10. The van der Waals surface area contributed by atoms with Gasteiger partial charge in [0, 0.05) is 36.6 Å². The number of carboxylic acid groups (broad SMARTS) is 2. The first kappa shape index (κ1) is 25.2. The van der Waals surface area contributed by atoms with Gasteiger partial charge < -0.3 is 19.8 Å². The number of allylic oxidation sites excluding steroid dienone is 2. The molecule has 0 saturated carbocycles. The molecule has 0 bridgehead atoms. The van der Waals surface area contributed by atoms with Gasteiger partial charge in [-0.15, -0.1) is 0 Å². The maximum Gasteiger partial charge on any atom is 0.331 e. The molecule has 1 saturated heterocycles. The number of Topliss-reactive ketones (excluding diaryl/α,β-unsaturated/α-hetero) is 1. The van der Waals surface area contributed by atoms with Crippen molar-refractivity contribution in [3.63, 3.8) is 0 Å². The summed E-state index contributed by atoms with van der Waals surface area (Å²) in [6, 6.07) is 7.05. The van der Waals surface area contributed by atoms with Crippen LogP contribution >= 0.6 is 0 Å². The van der Waals surface area contributed by atoms with Gasteiger partial charge in [0.2, 0.25) is 5.91 Å². The minimum Gasteiger partial charge on any atom is -0.497 e. The van der Waals surface area contributed by atoms with E-state index in [2.05, 4.69) is 0 Å². The summed E-state index contributed by atoms with van der Waals surface area (Å²) in [6.45, 7) is 2.57. The molecule has 1 aromatic carbocycles. The summed E-state index contributed by atoms with van der Waals surface area (Å²) in [6.07, 6.45) is 5.34. The number of hydrogen-bond acceptors (Lipinski definition) is 5. The summed E-state index contributed by atoms with van der Waals surface area (Å²) in [5, 5.41) is 18.9. The van der Waals surface area contributed by atoms with Crippen LogP contribution in [0.2, 0.25) is 0 Å². The average molecular weight is 470 g/mol. The van der Waals surface area contributed by atoms with Crippen LogP contribution in [0.15, 0.2) is 47.6 Å². The van der Waals surface area contributed by atoms with Gasteiger partial charge in [-0.3, -0.25) is 14.4 Å². The van der Waals surface area contributed by atoms with Crippen LogP contribution in [-0.4, -0.2) is 58.9 Å². The van der Waals surface area contributed by atoms with Gasteiger partial charge in [0.1, 0.15) is 5.75 Å². The molecule has 182 valence electrons. The molecule has 0 spiro atoms. The van der Waals surface area contributed by atoms with Crippen molar-refractivity contribution in [3.05, 3.63) is 53.1 Å². The number of benzene rings is 1. The number of ether oxygens (including phenoxy) is 1. The fourth-order valence-electron chi connectivity index (χ4n) is 4.63. The van der Waals surface area contributed by atoms with Gasteiger partial charge in [-0.05, 0) is 63.3 Å². The average Bonchev–Trinajstić information content (AvgIpc) is 2.84. The summed E-state index contributed by atoms with van der Waals surface area (Å²) in [7, 11) is 1.58. The van der Waals surface area contributed by atoms with Crippen molar-refractivity contribution in [1.82, 2.24) is 4.90 Å². The Morgan fingerprint density at radius 3 is 2.26 bits per heavy atom. The second kappa shape index (κ2) is 10.7. The first-order valence-corrected chi connectivity index (χ1v) is 11.5. The predicted molar refractivity (Wildman–Crippen MR) is 125 cm³/mol. The standard InChI is InChI=1S/C26H31NO7/c1-26(25(32)33)16-19(24(30)31)6-9-20(26)4-3-5-22(28)27-14-12-18(13-15-27)23(29)17-7-10-21(34-2)11-8-17/h6-11,18H,3-5,12-16H2,1-2H3,(H,30,31)(H,32,33). The summed E-state index contributed by atoms with van der Waals surface area (Å²) < 4.78 is 5.13. The zero-order chi connectivity index (χ0) is 24.9. The molecule has 2 aliphatic rings. The number of methoxy groups -OCH3 is 1. The zero-order valence-electron chi connectivity index (χ0n) is 19.6. The smallest absolute Gasteiger partial charge is 0.331 e. The third kappa shape index (κ3) is 5.55. The number of rotatable bonds is 9. The summed E-state index contributed by atoms with van der Waals surface area (Å²) in [5.74, 6) is -1.53. The summed E-state index contributed by atoms with van der Waals surface area (Å²) >= 11 is 0.